The van der Waals surface area contributed by atoms with E-state index in [0.29, 0.717) is 11.0 Å². The Morgan fingerprint density at radius 2 is 2.39 bits per heavy atom. The first-order valence-electron chi connectivity index (χ1n) is 6.37. The van der Waals surface area contributed by atoms with Crippen LogP contribution in [0.2, 0.25) is 0 Å². The molecule has 1 atom stereocenters. The molecule has 1 unspecified atom stereocenters. The number of nitrogens with zero attached hydrogens (tertiary/aromatic N) is 2. The average molecular weight is 264 g/mol. The number of piperidine rings is 1. The van der Waals surface area contributed by atoms with Gasteiger partial charge in [0.25, 0.3) is 0 Å². The van der Waals surface area contributed by atoms with E-state index in [0.717, 1.165) is 17.9 Å². The first-order valence-corrected chi connectivity index (χ1v) is 6.77. The van der Waals surface area contributed by atoms with Crippen molar-refractivity contribution in [1.82, 2.24) is 9.88 Å². The fraction of sp³-hybridized carbons (Fsp3) is 0.538. The van der Waals surface area contributed by atoms with Crippen molar-refractivity contribution in [2.75, 3.05) is 25.5 Å². The fourth-order valence-corrected chi connectivity index (χ4v) is 2.39. The van der Waals surface area contributed by atoms with Crippen molar-refractivity contribution in [3.05, 3.63) is 23.9 Å². The number of likely N-dealkylation sites (N-methyl/N-ethyl adjacent to an activating group) is 1. The van der Waals surface area contributed by atoms with Crippen LogP contribution in [-0.4, -0.2) is 41.1 Å². The Hall–Kier alpha value is -1.20. The topological polar surface area (TPSA) is 54.2 Å². The van der Waals surface area contributed by atoms with E-state index in [1.165, 1.54) is 25.8 Å². The molecule has 1 saturated heterocycles. The second-order valence-corrected chi connectivity index (χ2v) is 5.25. The molecule has 2 rings (SSSR count). The zero-order chi connectivity index (χ0) is 13.0. The molecule has 98 valence electrons. The predicted molar refractivity (Wildman–Crippen MR) is 78.9 cm³/mol. The molecule has 0 saturated carbocycles. The van der Waals surface area contributed by atoms with Crippen LogP contribution >= 0.6 is 12.2 Å². The van der Waals surface area contributed by atoms with E-state index < -0.39 is 0 Å². The quantitative estimate of drug-likeness (QED) is 0.809. The molecular weight excluding hydrogens is 244 g/mol. The second kappa shape index (κ2) is 6.11. The van der Waals surface area contributed by atoms with E-state index in [1.807, 2.05) is 12.1 Å². The zero-order valence-electron chi connectivity index (χ0n) is 10.7. The second-order valence-electron chi connectivity index (χ2n) is 4.81. The summed E-state index contributed by atoms with van der Waals surface area (Å²) in [6.07, 6.45) is 5.61. The summed E-state index contributed by atoms with van der Waals surface area (Å²) in [6, 6.07) is 4.44. The third kappa shape index (κ3) is 3.40. The Morgan fingerprint density at radius 1 is 1.56 bits per heavy atom. The number of nitrogens with two attached hydrogens (primary N) is 1. The number of anilines is 1. The number of likely N-dealkylation sites (tertiary alicyclic amines) is 1. The number of thiocarbonyl (C=S) groups is 1. The lowest BCUT2D eigenvalue weighted by Gasteiger charge is -2.32. The van der Waals surface area contributed by atoms with Crippen LogP contribution in [0.1, 0.15) is 24.8 Å². The molecule has 1 aliphatic heterocycles. The van der Waals surface area contributed by atoms with Crippen molar-refractivity contribution < 1.29 is 0 Å². The van der Waals surface area contributed by atoms with Gasteiger partial charge in [0.2, 0.25) is 0 Å². The Bertz CT molecular complexity index is 404. The van der Waals surface area contributed by atoms with Crippen LogP contribution in [0.15, 0.2) is 18.3 Å². The molecule has 1 fully saturated rings. The number of nitrogens with one attached hydrogen (secondary N) is 1. The molecule has 1 aliphatic rings. The van der Waals surface area contributed by atoms with Crippen LogP contribution in [0.25, 0.3) is 0 Å². The van der Waals surface area contributed by atoms with Crippen LogP contribution in [0.3, 0.4) is 0 Å². The minimum atomic E-state index is 0.390. The molecule has 0 radical (unpaired) electrons. The molecule has 18 heavy (non-hydrogen) atoms. The van der Waals surface area contributed by atoms with Crippen molar-refractivity contribution >= 4 is 23.0 Å². The van der Waals surface area contributed by atoms with Crippen LogP contribution in [0, 0.1) is 0 Å². The van der Waals surface area contributed by atoms with Gasteiger partial charge in [-0.1, -0.05) is 18.6 Å². The predicted octanol–water partition coefficient (Wildman–Crippen LogP) is 1.61. The zero-order valence-corrected chi connectivity index (χ0v) is 11.5. The molecule has 0 amide bonds. The summed E-state index contributed by atoms with van der Waals surface area (Å²) in [6.45, 7) is 2.13. The van der Waals surface area contributed by atoms with Crippen molar-refractivity contribution in [2.24, 2.45) is 5.73 Å². The largest absolute Gasteiger partial charge is 0.389 e. The smallest absolute Gasteiger partial charge is 0.125 e. The van der Waals surface area contributed by atoms with Gasteiger partial charge in [0.15, 0.2) is 0 Å². The Balaban J connectivity index is 1.87. The molecule has 1 aromatic rings. The van der Waals surface area contributed by atoms with Crippen LogP contribution in [-0.2, 0) is 0 Å². The molecule has 0 aromatic carbocycles. The summed E-state index contributed by atoms with van der Waals surface area (Å²) < 4.78 is 0. The number of aromatic nitrogens is 1. The van der Waals surface area contributed by atoms with Gasteiger partial charge in [0.05, 0.1) is 0 Å². The molecule has 0 spiro atoms. The normalized spacial score (nSPS) is 20.6. The number of hydrogen-bond acceptors (Lipinski definition) is 4. The van der Waals surface area contributed by atoms with E-state index in [-0.39, 0.29) is 0 Å². The van der Waals surface area contributed by atoms with Gasteiger partial charge in [-0.15, -0.1) is 0 Å². The van der Waals surface area contributed by atoms with Crippen LogP contribution in [0.5, 0.6) is 0 Å². The molecule has 1 aromatic heterocycles. The van der Waals surface area contributed by atoms with E-state index in [2.05, 4.69) is 22.2 Å². The number of pyridine rings is 1. The van der Waals surface area contributed by atoms with Crippen molar-refractivity contribution in [3.63, 3.8) is 0 Å². The summed E-state index contributed by atoms with van der Waals surface area (Å²) in [5.74, 6) is 0.883. The summed E-state index contributed by atoms with van der Waals surface area (Å²) >= 11 is 4.90. The van der Waals surface area contributed by atoms with Gasteiger partial charge in [-0.3, -0.25) is 0 Å². The van der Waals surface area contributed by atoms with Crippen LogP contribution < -0.4 is 11.1 Å². The van der Waals surface area contributed by atoms with Crippen LogP contribution in [0.4, 0.5) is 5.82 Å². The molecule has 4 nitrogen and oxygen atoms in total. The molecule has 0 aliphatic carbocycles. The van der Waals surface area contributed by atoms with Gasteiger partial charge in [0, 0.05) is 24.3 Å². The third-order valence-electron chi connectivity index (χ3n) is 3.49. The van der Waals surface area contributed by atoms with Crippen molar-refractivity contribution in [3.8, 4) is 0 Å². The first kappa shape index (κ1) is 13.2. The number of hydrogen-bond donors (Lipinski definition) is 2. The summed E-state index contributed by atoms with van der Waals surface area (Å²) in [7, 11) is 2.19. The Labute approximate surface area is 114 Å². The highest BCUT2D eigenvalue weighted by atomic mass is 32.1. The van der Waals surface area contributed by atoms with E-state index in [9.17, 15) is 0 Å². The summed E-state index contributed by atoms with van der Waals surface area (Å²) in [5.41, 5.74) is 6.35. The minimum Gasteiger partial charge on any atom is -0.389 e. The van der Waals surface area contributed by atoms with Crippen molar-refractivity contribution in [2.45, 2.75) is 25.3 Å². The monoisotopic (exact) mass is 264 g/mol. The van der Waals surface area contributed by atoms with Gasteiger partial charge < -0.3 is 16.0 Å². The maximum Gasteiger partial charge on any atom is 0.125 e. The SMILES string of the molecule is CN1CCCCC1CNc1ccc(C(N)=S)cn1. The minimum absolute atomic E-state index is 0.390. The first-order chi connectivity index (χ1) is 8.66. The molecular formula is C13H20N4S. The van der Waals surface area contributed by atoms with Crippen molar-refractivity contribution in [1.29, 1.82) is 0 Å². The van der Waals surface area contributed by atoms with Gasteiger partial charge in [-0.05, 0) is 38.6 Å². The van der Waals surface area contributed by atoms with E-state index >= 15 is 0 Å². The Kier molecular flexibility index (Phi) is 4.49. The molecule has 5 heteroatoms. The fourth-order valence-electron chi connectivity index (χ4n) is 2.27. The summed E-state index contributed by atoms with van der Waals surface area (Å²) in [5, 5.41) is 3.37. The highest BCUT2D eigenvalue weighted by molar-refractivity contribution is 7.80. The van der Waals surface area contributed by atoms with E-state index in [4.69, 9.17) is 18.0 Å². The maximum absolute atomic E-state index is 5.54. The average Bonchev–Trinajstić information content (AvgIpc) is 2.38. The third-order valence-corrected chi connectivity index (χ3v) is 3.72. The Morgan fingerprint density at radius 3 is 3.00 bits per heavy atom. The highest BCUT2D eigenvalue weighted by Gasteiger charge is 2.18. The lowest BCUT2D eigenvalue weighted by Crippen LogP contribution is -2.40. The van der Waals surface area contributed by atoms with Gasteiger partial charge in [-0.25, -0.2) is 4.98 Å². The summed E-state index contributed by atoms with van der Waals surface area (Å²) in [4.78, 5) is 7.12. The highest BCUT2D eigenvalue weighted by Crippen LogP contribution is 2.15. The molecule has 2 heterocycles. The van der Waals surface area contributed by atoms with Gasteiger partial charge >= 0.3 is 0 Å². The lowest BCUT2D eigenvalue weighted by molar-refractivity contribution is 0.194. The lowest BCUT2D eigenvalue weighted by atomic mass is 10.0. The molecule has 0 bridgehead atoms. The van der Waals surface area contributed by atoms with Gasteiger partial charge in [-0.2, -0.15) is 0 Å². The number of rotatable bonds is 4. The maximum atomic E-state index is 5.54. The molecule has 3 N–H and O–H groups in total. The standard InChI is InChI=1S/C13H20N4S/c1-17-7-3-2-4-11(17)9-16-12-6-5-10(8-15-12)13(14)18/h5-6,8,11H,2-4,7,9H2,1H3,(H2,14,18)(H,15,16). The van der Waals surface area contributed by atoms with E-state index in [1.54, 1.807) is 6.20 Å². The van der Waals surface area contributed by atoms with Gasteiger partial charge in [0.1, 0.15) is 10.8 Å².